The Morgan fingerprint density at radius 1 is 0.889 bits per heavy atom. The van der Waals surface area contributed by atoms with Crippen molar-refractivity contribution in [3.05, 3.63) is 37.5 Å². The number of ether oxygens (including phenoxy) is 2. The van der Waals surface area contributed by atoms with Gasteiger partial charge in [0.2, 0.25) is 11.9 Å². The van der Waals surface area contributed by atoms with Crippen molar-refractivity contribution < 1.29 is 29.9 Å². The molecule has 2 aliphatic heterocycles. The summed E-state index contributed by atoms with van der Waals surface area (Å²) >= 11 is 0. The lowest BCUT2D eigenvalue weighted by Gasteiger charge is -2.15. The van der Waals surface area contributed by atoms with Crippen molar-refractivity contribution >= 4 is 34.2 Å². The summed E-state index contributed by atoms with van der Waals surface area (Å²) < 4.78 is 15.6. The SMILES string of the molecule is C#CCn1c(=O)n([C@@H]2O[C@H](CO)C[C@H]2O)c2nc(N)[nH]c(=O)c21.C#CCn1c(=O)n([C@@H]2O[C@H](CO)C[C@H]2O)c2nc(N)ncc21. The van der Waals surface area contributed by atoms with Gasteiger partial charge >= 0.3 is 11.4 Å². The predicted molar refractivity (Wildman–Crippen MR) is 156 cm³/mol. The van der Waals surface area contributed by atoms with Crippen LogP contribution in [0.25, 0.3) is 22.3 Å². The van der Waals surface area contributed by atoms with E-state index < -0.39 is 53.8 Å². The molecule has 19 nitrogen and oxygen atoms in total. The van der Waals surface area contributed by atoms with Crippen LogP contribution in [-0.2, 0) is 22.6 Å². The molecule has 2 saturated heterocycles. The molecule has 0 unspecified atom stereocenters. The van der Waals surface area contributed by atoms with Crippen LogP contribution >= 0.6 is 0 Å². The number of terminal acetylenes is 2. The zero-order valence-corrected chi connectivity index (χ0v) is 23.6. The third kappa shape index (κ3) is 5.55. The number of nitrogen functional groups attached to an aromatic ring is 2. The second kappa shape index (κ2) is 12.5. The summed E-state index contributed by atoms with van der Waals surface area (Å²) in [6, 6.07) is 0. The van der Waals surface area contributed by atoms with Crippen LogP contribution in [0.5, 0.6) is 0 Å². The van der Waals surface area contributed by atoms with Gasteiger partial charge in [-0.15, -0.1) is 12.8 Å². The maximum atomic E-state index is 12.6. The maximum absolute atomic E-state index is 12.6. The van der Waals surface area contributed by atoms with Crippen LogP contribution in [0.1, 0.15) is 25.3 Å². The first-order chi connectivity index (χ1) is 21.5. The molecule has 6 heterocycles. The van der Waals surface area contributed by atoms with Gasteiger partial charge < -0.3 is 41.4 Å². The number of aromatic nitrogens is 8. The summed E-state index contributed by atoms with van der Waals surface area (Å²) in [5.41, 5.74) is 9.93. The minimum Gasteiger partial charge on any atom is -0.394 e. The van der Waals surface area contributed by atoms with Crippen LogP contribution < -0.4 is 28.4 Å². The Labute approximate surface area is 252 Å². The van der Waals surface area contributed by atoms with E-state index in [1.807, 2.05) is 0 Å². The quantitative estimate of drug-likeness (QED) is 0.101. The Bertz CT molecular complexity index is 1990. The molecule has 45 heavy (non-hydrogen) atoms. The molecule has 2 aliphatic rings. The number of aliphatic hydroxyl groups excluding tert-OH is 4. The molecule has 238 valence electrons. The molecule has 0 aliphatic carbocycles. The van der Waals surface area contributed by atoms with E-state index in [0.717, 1.165) is 9.13 Å². The van der Waals surface area contributed by atoms with Crippen molar-refractivity contribution in [3.8, 4) is 24.7 Å². The minimum atomic E-state index is -1.09. The van der Waals surface area contributed by atoms with E-state index in [1.165, 1.54) is 15.3 Å². The zero-order chi connectivity index (χ0) is 32.6. The average Bonchev–Trinajstić information content (AvgIpc) is 3.71. The van der Waals surface area contributed by atoms with Crippen LogP contribution in [0.3, 0.4) is 0 Å². The first-order valence-electron chi connectivity index (χ1n) is 13.5. The van der Waals surface area contributed by atoms with E-state index in [4.69, 9.17) is 44.0 Å². The van der Waals surface area contributed by atoms with E-state index in [9.17, 15) is 24.6 Å². The molecule has 0 amide bonds. The standard InChI is InChI=1S/C13H15N5O5.C13H15N5O4/c1-2-3-17-8-9(15-12(14)16-10(8)21)18(13(17)22)11-7(20)4-6(5-19)23-11;1-2-3-17-8-5-15-12(14)16-10(8)18(13(17)21)11-9(20)4-7(6-19)22-11/h1,6-7,11,19-20H,3-5H2,(H3,14,15,16,21);1,5,7,9,11,19-20H,3-4,6H2,(H2,14,15,16)/t6-,7+,11+;7-,9+,11+/m00/s1. The largest absolute Gasteiger partial charge is 0.394 e. The Hall–Kier alpha value is -5.02. The van der Waals surface area contributed by atoms with Gasteiger partial charge in [0.1, 0.15) is 17.7 Å². The van der Waals surface area contributed by atoms with E-state index in [0.29, 0.717) is 5.52 Å². The van der Waals surface area contributed by atoms with Crippen LogP contribution in [-0.4, -0.2) is 96.3 Å². The number of hydrogen-bond acceptors (Lipinski definition) is 14. The van der Waals surface area contributed by atoms with Crippen LogP contribution in [0, 0.1) is 24.7 Å². The summed E-state index contributed by atoms with van der Waals surface area (Å²) in [5, 5.41) is 38.6. The highest BCUT2D eigenvalue weighted by Gasteiger charge is 2.39. The number of anilines is 2. The number of aromatic amines is 1. The predicted octanol–water partition coefficient (Wildman–Crippen LogP) is -3.81. The lowest BCUT2D eigenvalue weighted by Crippen LogP contribution is -2.32. The van der Waals surface area contributed by atoms with Crippen molar-refractivity contribution in [1.29, 1.82) is 0 Å². The van der Waals surface area contributed by atoms with Gasteiger partial charge in [-0.2, -0.15) is 9.97 Å². The number of fused-ring (bicyclic) bond motifs is 2. The fourth-order valence-corrected chi connectivity index (χ4v) is 5.37. The number of nitrogens with zero attached hydrogens (tertiary/aromatic N) is 7. The number of imidazole rings is 2. The third-order valence-corrected chi connectivity index (χ3v) is 7.30. The first kappa shape index (κ1) is 31.4. The van der Waals surface area contributed by atoms with Gasteiger partial charge in [-0.3, -0.25) is 18.9 Å². The van der Waals surface area contributed by atoms with Crippen molar-refractivity contribution in [2.24, 2.45) is 0 Å². The molecule has 0 bridgehead atoms. The summed E-state index contributed by atoms with van der Waals surface area (Å²) in [5.74, 6) is 4.49. The Morgan fingerprint density at radius 2 is 1.42 bits per heavy atom. The van der Waals surface area contributed by atoms with Crippen molar-refractivity contribution in [2.75, 3.05) is 24.7 Å². The molecule has 2 fully saturated rings. The van der Waals surface area contributed by atoms with Gasteiger partial charge in [0.05, 0.1) is 44.7 Å². The Morgan fingerprint density at radius 3 is 1.96 bits per heavy atom. The van der Waals surface area contributed by atoms with Gasteiger partial charge in [0.25, 0.3) is 5.56 Å². The van der Waals surface area contributed by atoms with E-state index in [1.54, 1.807) is 0 Å². The molecule has 19 heteroatoms. The summed E-state index contributed by atoms with van der Waals surface area (Å²) in [6.45, 7) is -0.672. The third-order valence-electron chi connectivity index (χ3n) is 7.30. The lowest BCUT2D eigenvalue weighted by molar-refractivity contribution is -0.0505. The van der Waals surface area contributed by atoms with Crippen LogP contribution in [0.15, 0.2) is 20.6 Å². The molecule has 6 rings (SSSR count). The highest BCUT2D eigenvalue weighted by molar-refractivity contribution is 5.72. The number of nitrogens with one attached hydrogen (secondary N) is 1. The van der Waals surface area contributed by atoms with Gasteiger partial charge in [0.15, 0.2) is 29.3 Å². The lowest BCUT2D eigenvalue weighted by atomic mass is 10.2. The van der Waals surface area contributed by atoms with Gasteiger partial charge in [0, 0.05) is 12.8 Å². The van der Waals surface area contributed by atoms with Gasteiger partial charge in [-0.1, -0.05) is 11.8 Å². The van der Waals surface area contributed by atoms with Gasteiger partial charge in [-0.05, 0) is 0 Å². The average molecular weight is 627 g/mol. The molecule has 4 aromatic heterocycles. The monoisotopic (exact) mass is 626 g/mol. The maximum Gasteiger partial charge on any atom is 0.333 e. The fraction of sp³-hybridized carbons (Fsp3) is 0.462. The minimum absolute atomic E-state index is 0.00898. The molecule has 0 saturated carbocycles. The van der Waals surface area contributed by atoms with Gasteiger partial charge in [-0.25, -0.2) is 23.7 Å². The molecule has 0 aromatic carbocycles. The van der Waals surface area contributed by atoms with E-state index >= 15 is 0 Å². The van der Waals surface area contributed by atoms with Crippen LogP contribution in [0.2, 0.25) is 0 Å². The molecule has 0 radical (unpaired) electrons. The Balaban J connectivity index is 0.000000178. The summed E-state index contributed by atoms with van der Waals surface area (Å²) in [7, 11) is 0. The molecule has 9 N–H and O–H groups in total. The second-order valence-corrected chi connectivity index (χ2v) is 10.2. The van der Waals surface area contributed by atoms with Crippen molar-refractivity contribution in [1.82, 2.24) is 38.2 Å². The number of hydrogen-bond donors (Lipinski definition) is 7. The van der Waals surface area contributed by atoms with Crippen LogP contribution in [0.4, 0.5) is 11.9 Å². The molecule has 4 aromatic rings. The number of rotatable bonds is 6. The van der Waals surface area contributed by atoms with Crippen molar-refractivity contribution in [2.45, 2.75) is 62.8 Å². The number of aliphatic hydroxyl groups is 4. The summed E-state index contributed by atoms with van der Waals surface area (Å²) in [6.07, 6.45) is 7.09. The smallest absolute Gasteiger partial charge is 0.333 e. The highest BCUT2D eigenvalue weighted by Crippen LogP contribution is 2.31. The second-order valence-electron chi connectivity index (χ2n) is 10.2. The normalized spacial score (nSPS) is 24.4. The molecular weight excluding hydrogens is 596 g/mol. The van der Waals surface area contributed by atoms with E-state index in [2.05, 4.69) is 31.8 Å². The number of nitrogens with two attached hydrogens (primary N) is 2. The van der Waals surface area contributed by atoms with Crippen molar-refractivity contribution in [3.63, 3.8) is 0 Å². The zero-order valence-electron chi connectivity index (χ0n) is 23.6. The van der Waals surface area contributed by atoms with E-state index in [-0.39, 0.29) is 67.9 Å². The fourth-order valence-electron chi connectivity index (χ4n) is 5.37. The highest BCUT2D eigenvalue weighted by atomic mass is 16.5. The first-order valence-corrected chi connectivity index (χ1v) is 13.5. The topological polar surface area (TPSA) is 277 Å². The molecule has 0 spiro atoms. The Kier molecular flexibility index (Phi) is 8.75. The molecule has 6 atom stereocenters. The number of H-pyrrole nitrogens is 1. The summed E-state index contributed by atoms with van der Waals surface area (Å²) in [4.78, 5) is 51.5. The molecular formula is C26H30N10O9.